The minimum atomic E-state index is -0.581. The van der Waals surface area contributed by atoms with Gasteiger partial charge in [0.25, 0.3) is 0 Å². The predicted octanol–water partition coefficient (Wildman–Crippen LogP) is 3.37. The summed E-state index contributed by atoms with van der Waals surface area (Å²) < 4.78 is 17.1. The molecule has 0 bridgehead atoms. The monoisotopic (exact) mass is 411 g/mol. The molecule has 148 valence electrons. The number of carbonyl (C=O) groups excluding carboxylic acids is 1. The van der Waals surface area contributed by atoms with Crippen LogP contribution in [0.15, 0.2) is 57.1 Å². The maximum absolute atomic E-state index is 12.5. The standard InChI is InChI=1S/C20H17N3O5S/c1-26-12-7-8-16(27-2)13(9-12)14-11-29-19(21-14)22-18(24)10-23-15-5-3-4-6-17(15)28-20(23)25/h3-9,11H,10H2,1-2H3,(H,21,22,24). The number of ether oxygens (including phenoxy) is 2. The zero-order chi connectivity index (χ0) is 20.4. The lowest BCUT2D eigenvalue weighted by Crippen LogP contribution is -2.24. The molecule has 9 heteroatoms. The smallest absolute Gasteiger partial charge is 0.420 e. The molecule has 0 unspecified atom stereocenters. The summed E-state index contributed by atoms with van der Waals surface area (Å²) in [7, 11) is 3.16. The Morgan fingerprint density at radius 3 is 2.83 bits per heavy atom. The quantitative estimate of drug-likeness (QED) is 0.523. The van der Waals surface area contributed by atoms with Gasteiger partial charge in [-0.3, -0.25) is 9.36 Å². The van der Waals surface area contributed by atoms with Crippen molar-refractivity contribution in [3.63, 3.8) is 0 Å². The van der Waals surface area contributed by atoms with Crippen molar-refractivity contribution in [3.8, 4) is 22.8 Å². The fourth-order valence-corrected chi connectivity index (χ4v) is 3.66. The van der Waals surface area contributed by atoms with E-state index < -0.39 is 5.76 Å². The number of methoxy groups -OCH3 is 2. The van der Waals surface area contributed by atoms with Crippen LogP contribution in [0.1, 0.15) is 0 Å². The number of thiazole rings is 1. The van der Waals surface area contributed by atoms with E-state index in [1.165, 1.54) is 15.9 Å². The fraction of sp³-hybridized carbons (Fsp3) is 0.150. The lowest BCUT2D eigenvalue weighted by molar-refractivity contribution is -0.116. The number of fused-ring (bicyclic) bond motifs is 1. The zero-order valence-corrected chi connectivity index (χ0v) is 16.5. The number of amides is 1. The average molecular weight is 411 g/mol. The van der Waals surface area contributed by atoms with Gasteiger partial charge in [-0.05, 0) is 30.3 Å². The number of nitrogens with one attached hydrogen (secondary N) is 1. The second kappa shape index (κ2) is 7.80. The van der Waals surface area contributed by atoms with Gasteiger partial charge in [-0.25, -0.2) is 9.78 Å². The van der Waals surface area contributed by atoms with Gasteiger partial charge in [0.15, 0.2) is 10.7 Å². The molecule has 1 amide bonds. The van der Waals surface area contributed by atoms with Gasteiger partial charge in [0.2, 0.25) is 5.91 Å². The van der Waals surface area contributed by atoms with Crippen LogP contribution < -0.4 is 20.5 Å². The molecule has 2 aromatic heterocycles. The number of nitrogens with zero attached hydrogens (tertiary/aromatic N) is 2. The molecule has 0 aliphatic heterocycles. The van der Waals surface area contributed by atoms with Gasteiger partial charge >= 0.3 is 5.76 Å². The van der Waals surface area contributed by atoms with E-state index in [1.54, 1.807) is 50.6 Å². The summed E-state index contributed by atoms with van der Waals surface area (Å²) in [4.78, 5) is 28.9. The minimum absolute atomic E-state index is 0.173. The Bertz CT molecular complexity index is 1240. The Morgan fingerprint density at radius 2 is 2.03 bits per heavy atom. The summed E-state index contributed by atoms with van der Waals surface area (Å²) in [6, 6.07) is 12.4. The number of carbonyl (C=O) groups is 1. The largest absolute Gasteiger partial charge is 0.497 e. The number of hydrogen-bond acceptors (Lipinski definition) is 7. The highest BCUT2D eigenvalue weighted by Gasteiger charge is 2.15. The van der Waals surface area contributed by atoms with Crippen LogP contribution in [-0.4, -0.2) is 29.7 Å². The molecular formula is C20H17N3O5S. The lowest BCUT2D eigenvalue weighted by Gasteiger charge is -2.08. The van der Waals surface area contributed by atoms with Crippen LogP contribution in [0.3, 0.4) is 0 Å². The van der Waals surface area contributed by atoms with Crippen LogP contribution >= 0.6 is 11.3 Å². The highest BCUT2D eigenvalue weighted by molar-refractivity contribution is 7.14. The summed E-state index contributed by atoms with van der Waals surface area (Å²) in [5, 5.41) is 4.95. The van der Waals surface area contributed by atoms with Crippen LogP contribution in [0.5, 0.6) is 11.5 Å². The normalized spacial score (nSPS) is 10.8. The topological polar surface area (TPSA) is 95.6 Å². The number of oxazole rings is 1. The molecule has 4 aromatic rings. The predicted molar refractivity (Wildman–Crippen MR) is 110 cm³/mol. The number of rotatable bonds is 6. The van der Waals surface area contributed by atoms with Gasteiger partial charge < -0.3 is 19.2 Å². The van der Waals surface area contributed by atoms with Crippen LogP contribution in [0.4, 0.5) is 5.13 Å². The van der Waals surface area contributed by atoms with Gasteiger partial charge in [0, 0.05) is 10.9 Å². The van der Waals surface area contributed by atoms with E-state index in [1.807, 2.05) is 11.4 Å². The Kier molecular flexibility index (Phi) is 5.05. The van der Waals surface area contributed by atoms with Crippen LogP contribution in [-0.2, 0) is 11.3 Å². The number of para-hydroxylation sites is 2. The van der Waals surface area contributed by atoms with Crippen molar-refractivity contribution < 1.29 is 18.7 Å². The van der Waals surface area contributed by atoms with E-state index in [-0.39, 0.29) is 12.5 Å². The molecular weight excluding hydrogens is 394 g/mol. The van der Waals surface area contributed by atoms with Crippen molar-refractivity contribution >= 4 is 33.5 Å². The van der Waals surface area contributed by atoms with E-state index in [0.29, 0.717) is 33.4 Å². The molecule has 0 atom stereocenters. The van der Waals surface area contributed by atoms with Crippen molar-refractivity contribution in [2.45, 2.75) is 6.54 Å². The van der Waals surface area contributed by atoms with E-state index >= 15 is 0 Å². The molecule has 0 radical (unpaired) electrons. The molecule has 0 aliphatic carbocycles. The fourth-order valence-electron chi connectivity index (χ4n) is 2.94. The van der Waals surface area contributed by atoms with Gasteiger partial charge in [-0.15, -0.1) is 11.3 Å². The first-order valence-corrected chi connectivity index (χ1v) is 9.53. The van der Waals surface area contributed by atoms with Gasteiger partial charge in [0.1, 0.15) is 18.0 Å². The first-order valence-electron chi connectivity index (χ1n) is 8.65. The number of aromatic nitrogens is 2. The van der Waals surface area contributed by atoms with E-state index in [4.69, 9.17) is 13.9 Å². The molecule has 8 nitrogen and oxygen atoms in total. The molecule has 0 aliphatic rings. The molecule has 29 heavy (non-hydrogen) atoms. The van der Waals surface area contributed by atoms with Crippen molar-refractivity contribution in [2.75, 3.05) is 19.5 Å². The Labute approximate surface area is 169 Å². The molecule has 0 spiro atoms. The zero-order valence-electron chi connectivity index (χ0n) is 15.7. The Balaban J connectivity index is 1.54. The average Bonchev–Trinajstić information content (AvgIpc) is 3.32. The minimum Gasteiger partial charge on any atom is -0.497 e. The molecule has 2 aromatic carbocycles. The number of hydrogen-bond donors (Lipinski definition) is 1. The first kappa shape index (κ1) is 18.8. The SMILES string of the molecule is COc1ccc(OC)c(-c2csc(NC(=O)Cn3c(=O)oc4ccccc43)n2)c1. The molecule has 0 fully saturated rings. The Morgan fingerprint density at radius 1 is 1.21 bits per heavy atom. The molecule has 1 N–H and O–H groups in total. The van der Waals surface area contributed by atoms with Gasteiger partial charge in [0.05, 0.1) is 25.4 Å². The van der Waals surface area contributed by atoms with E-state index in [0.717, 1.165) is 5.56 Å². The highest BCUT2D eigenvalue weighted by Crippen LogP contribution is 2.35. The van der Waals surface area contributed by atoms with Gasteiger partial charge in [-0.1, -0.05) is 12.1 Å². The third-order valence-electron chi connectivity index (χ3n) is 4.31. The van der Waals surface area contributed by atoms with Crippen LogP contribution in [0.2, 0.25) is 0 Å². The van der Waals surface area contributed by atoms with Crippen molar-refractivity contribution in [1.29, 1.82) is 0 Å². The maximum Gasteiger partial charge on any atom is 0.420 e. The van der Waals surface area contributed by atoms with E-state index in [9.17, 15) is 9.59 Å². The van der Waals surface area contributed by atoms with Crippen molar-refractivity contribution in [3.05, 3.63) is 58.4 Å². The molecule has 0 saturated carbocycles. The summed E-state index contributed by atoms with van der Waals surface area (Å²) >= 11 is 1.28. The highest BCUT2D eigenvalue weighted by atomic mass is 32.1. The second-order valence-electron chi connectivity index (χ2n) is 6.07. The third-order valence-corrected chi connectivity index (χ3v) is 5.07. The van der Waals surface area contributed by atoms with E-state index in [2.05, 4.69) is 10.3 Å². The number of benzene rings is 2. The summed E-state index contributed by atoms with van der Waals surface area (Å²) in [6.07, 6.45) is 0. The molecule has 4 rings (SSSR count). The number of anilines is 1. The Hall–Kier alpha value is -3.59. The lowest BCUT2D eigenvalue weighted by atomic mass is 10.1. The van der Waals surface area contributed by atoms with Crippen LogP contribution in [0, 0.1) is 0 Å². The van der Waals surface area contributed by atoms with Crippen molar-refractivity contribution in [1.82, 2.24) is 9.55 Å². The first-order chi connectivity index (χ1) is 14.1. The summed E-state index contributed by atoms with van der Waals surface area (Å²) in [5.74, 6) is 0.357. The summed E-state index contributed by atoms with van der Waals surface area (Å²) in [5.41, 5.74) is 2.40. The molecule has 0 saturated heterocycles. The molecule has 2 heterocycles. The maximum atomic E-state index is 12.5. The van der Waals surface area contributed by atoms with Crippen molar-refractivity contribution in [2.24, 2.45) is 0 Å². The summed E-state index contributed by atoms with van der Waals surface area (Å²) in [6.45, 7) is -0.173. The second-order valence-corrected chi connectivity index (χ2v) is 6.93. The third kappa shape index (κ3) is 3.72. The van der Waals surface area contributed by atoms with Crippen LogP contribution in [0.25, 0.3) is 22.4 Å². The van der Waals surface area contributed by atoms with Gasteiger partial charge in [-0.2, -0.15) is 0 Å².